The molecule has 2 rings (SSSR count). The fourth-order valence-electron chi connectivity index (χ4n) is 3.25. The summed E-state index contributed by atoms with van der Waals surface area (Å²) >= 11 is 0. The molecule has 0 N–H and O–H groups in total. The molecule has 0 aromatic heterocycles. The number of allylic oxidation sites excluding steroid dienone is 1. The minimum atomic E-state index is 0.622. The molecule has 1 aliphatic rings. The lowest BCUT2D eigenvalue weighted by Gasteiger charge is -2.25. The van der Waals surface area contributed by atoms with Crippen molar-refractivity contribution in [3.05, 3.63) is 41.5 Å². The molecular weight excluding hydrogens is 264 g/mol. The Morgan fingerprint density at radius 2 is 1.73 bits per heavy atom. The summed E-state index contributed by atoms with van der Waals surface area (Å²) in [4.78, 5) is 0. The molecule has 118 valence electrons. The van der Waals surface area contributed by atoms with Gasteiger partial charge in [-0.15, -0.1) is 0 Å². The van der Waals surface area contributed by atoms with Crippen LogP contribution in [0.3, 0.4) is 0 Å². The van der Waals surface area contributed by atoms with Crippen molar-refractivity contribution in [2.45, 2.75) is 65.2 Å². The van der Waals surface area contributed by atoms with Crippen molar-refractivity contribution in [2.75, 3.05) is 0 Å². The molecule has 1 aromatic rings. The molecule has 1 fully saturated rings. The Balaban J connectivity index is 1.84. The van der Waals surface area contributed by atoms with Crippen LogP contribution < -0.4 is 0 Å². The lowest BCUT2D eigenvalue weighted by Crippen LogP contribution is -2.13. The quantitative estimate of drug-likeness (QED) is 0.547. The summed E-state index contributed by atoms with van der Waals surface area (Å²) in [5.41, 5.74) is 2.43. The Kier molecular flexibility index (Phi) is 7.31. The van der Waals surface area contributed by atoms with Gasteiger partial charge < -0.3 is 0 Å². The number of hydrogen-bond donors (Lipinski definition) is 0. The molecule has 0 unspecified atom stereocenters. The van der Waals surface area contributed by atoms with Gasteiger partial charge in [-0.25, -0.2) is 0 Å². The van der Waals surface area contributed by atoms with E-state index >= 15 is 0 Å². The fourth-order valence-corrected chi connectivity index (χ4v) is 3.25. The van der Waals surface area contributed by atoms with Gasteiger partial charge in [-0.3, -0.25) is 0 Å². The Bertz CT molecular complexity index is 501. The lowest BCUT2D eigenvalue weighted by atomic mass is 9.80. The Hall–Kier alpha value is -1.48. The van der Waals surface area contributed by atoms with Gasteiger partial charge in [0.2, 0.25) is 0 Å². The monoisotopic (exact) mass is 294 g/mol. The van der Waals surface area contributed by atoms with Crippen LogP contribution in [0.4, 0.5) is 0 Å². The Labute approximate surface area is 137 Å². The Morgan fingerprint density at radius 1 is 1.00 bits per heavy atom. The maximum atomic E-state index is 3.50. The smallest absolute Gasteiger partial charge is 0.0245 e. The standard InChI is InChI=1S/C22H30/c1-3-5-6-8-20-11-15-22(16-12-20)18-17-21-13-9-19(7-4-2)10-14-21/h6,8,11-12,15-16,19,21H,3-5,7,9-10,13-14H2,1-2H3/b8-6+. The van der Waals surface area contributed by atoms with E-state index in [4.69, 9.17) is 0 Å². The number of benzene rings is 1. The second-order valence-electron chi connectivity index (χ2n) is 6.59. The Morgan fingerprint density at radius 3 is 2.36 bits per heavy atom. The first kappa shape index (κ1) is 16.9. The molecule has 0 radical (unpaired) electrons. The zero-order valence-electron chi connectivity index (χ0n) is 14.3. The van der Waals surface area contributed by atoms with Crippen molar-refractivity contribution in [3.63, 3.8) is 0 Å². The van der Waals surface area contributed by atoms with Crippen LogP contribution in [0.5, 0.6) is 0 Å². The summed E-state index contributed by atoms with van der Waals surface area (Å²) < 4.78 is 0. The summed E-state index contributed by atoms with van der Waals surface area (Å²) in [7, 11) is 0. The normalized spacial score (nSPS) is 21.5. The van der Waals surface area contributed by atoms with E-state index in [1.54, 1.807) is 0 Å². The lowest BCUT2D eigenvalue weighted by molar-refractivity contribution is 0.300. The zero-order chi connectivity index (χ0) is 15.6. The van der Waals surface area contributed by atoms with Gasteiger partial charge >= 0.3 is 0 Å². The van der Waals surface area contributed by atoms with Gasteiger partial charge in [0.15, 0.2) is 0 Å². The van der Waals surface area contributed by atoms with Gasteiger partial charge in [0, 0.05) is 11.5 Å². The van der Waals surface area contributed by atoms with Crippen molar-refractivity contribution in [2.24, 2.45) is 11.8 Å². The molecule has 0 nitrogen and oxygen atoms in total. The van der Waals surface area contributed by atoms with E-state index in [1.165, 1.54) is 50.5 Å². The first-order valence-corrected chi connectivity index (χ1v) is 9.10. The molecule has 0 bridgehead atoms. The molecule has 1 aromatic carbocycles. The van der Waals surface area contributed by atoms with E-state index < -0.39 is 0 Å². The molecule has 0 heteroatoms. The molecular formula is C22H30. The van der Waals surface area contributed by atoms with Crippen LogP contribution in [0.25, 0.3) is 6.08 Å². The van der Waals surface area contributed by atoms with Crippen molar-refractivity contribution in [1.82, 2.24) is 0 Å². The SMILES string of the molecule is CCC/C=C/c1ccc(C#CC2CCC(CCC)CC2)cc1. The predicted molar refractivity (Wildman–Crippen MR) is 97.6 cm³/mol. The minimum absolute atomic E-state index is 0.622. The minimum Gasteiger partial charge on any atom is -0.0945 e. The van der Waals surface area contributed by atoms with Crippen molar-refractivity contribution in [3.8, 4) is 11.8 Å². The fraction of sp³-hybridized carbons (Fsp3) is 0.545. The third-order valence-electron chi connectivity index (χ3n) is 4.64. The molecule has 0 saturated heterocycles. The van der Waals surface area contributed by atoms with Gasteiger partial charge in [-0.05, 0) is 55.7 Å². The topological polar surface area (TPSA) is 0 Å². The largest absolute Gasteiger partial charge is 0.0945 e. The molecule has 0 atom stereocenters. The molecule has 0 spiro atoms. The molecule has 0 aliphatic heterocycles. The second-order valence-corrected chi connectivity index (χ2v) is 6.59. The van der Waals surface area contributed by atoms with Crippen LogP contribution in [0.15, 0.2) is 30.3 Å². The van der Waals surface area contributed by atoms with E-state index in [0.29, 0.717) is 5.92 Å². The van der Waals surface area contributed by atoms with Crippen molar-refractivity contribution in [1.29, 1.82) is 0 Å². The molecule has 1 saturated carbocycles. The molecule has 0 amide bonds. The molecule has 22 heavy (non-hydrogen) atoms. The summed E-state index contributed by atoms with van der Waals surface area (Å²) in [6.45, 7) is 4.51. The molecule has 0 heterocycles. The third-order valence-corrected chi connectivity index (χ3v) is 4.64. The highest BCUT2D eigenvalue weighted by Crippen LogP contribution is 2.31. The zero-order valence-corrected chi connectivity index (χ0v) is 14.3. The summed E-state index contributed by atoms with van der Waals surface area (Å²) in [5.74, 6) is 8.48. The van der Waals surface area contributed by atoms with Gasteiger partial charge in [0.1, 0.15) is 0 Å². The van der Waals surface area contributed by atoms with E-state index in [2.05, 4.69) is 62.1 Å². The average Bonchev–Trinajstić information content (AvgIpc) is 2.56. The van der Waals surface area contributed by atoms with Gasteiger partial charge in [0.05, 0.1) is 0 Å². The highest BCUT2D eigenvalue weighted by Gasteiger charge is 2.18. The predicted octanol–water partition coefficient (Wildman–Crippen LogP) is 6.46. The van der Waals surface area contributed by atoms with Crippen LogP contribution in [-0.2, 0) is 0 Å². The number of rotatable bonds is 5. The number of unbranched alkanes of at least 4 members (excludes halogenated alkanes) is 1. The van der Waals surface area contributed by atoms with E-state index in [-0.39, 0.29) is 0 Å². The second kappa shape index (κ2) is 9.52. The van der Waals surface area contributed by atoms with Crippen LogP contribution in [0, 0.1) is 23.7 Å². The van der Waals surface area contributed by atoms with Crippen LogP contribution in [0.1, 0.15) is 76.3 Å². The van der Waals surface area contributed by atoms with Gasteiger partial charge in [-0.2, -0.15) is 0 Å². The maximum Gasteiger partial charge on any atom is 0.0245 e. The van der Waals surface area contributed by atoms with E-state index in [1.807, 2.05) is 0 Å². The van der Waals surface area contributed by atoms with Crippen LogP contribution >= 0.6 is 0 Å². The average molecular weight is 294 g/mol. The maximum absolute atomic E-state index is 3.50. The third kappa shape index (κ3) is 5.72. The number of hydrogen-bond acceptors (Lipinski definition) is 0. The van der Waals surface area contributed by atoms with E-state index in [9.17, 15) is 0 Å². The van der Waals surface area contributed by atoms with E-state index in [0.717, 1.165) is 17.9 Å². The highest BCUT2D eigenvalue weighted by molar-refractivity contribution is 5.51. The van der Waals surface area contributed by atoms with Crippen molar-refractivity contribution >= 4 is 6.08 Å². The van der Waals surface area contributed by atoms with Crippen LogP contribution in [-0.4, -0.2) is 0 Å². The van der Waals surface area contributed by atoms with Crippen LogP contribution in [0.2, 0.25) is 0 Å². The summed E-state index contributed by atoms with van der Waals surface area (Å²) in [5, 5.41) is 0. The highest BCUT2D eigenvalue weighted by atomic mass is 14.2. The van der Waals surface area contributed by atoms with Gasteiger partial charge in [-0.1, -0.05) is 69.2 Å². The summed E-state index contributed by atoms with van der Waals surface area (Å²) in [6, 6.07) is 8.66. The van der Waals surface area contributed by atoms with Gasteiger partial charge in [0.25, 0.3) is 0 Å². The summed E-state index contributed by atoms with van der Waals surface area (Å²) in [6.07, 6.45) is 14.9. The first-order valence-electron chi connectivity index (χ1n) is 9.10. The molecule has 1 aliphatic carbocycles. The van der Waals surface area contributed by atoms with Crippen molar-refractivity contribution < 1.29 is 0 Å². The first-order chi connectivity index (χ1) is 10.8.